The van der Waals surface area contributed by atoms with Crippen molar-refractivity contribution in [2.24, 2.45) is 5.92 Å². The van der Waals surface area contributed by atoms with Gasteiger partial charge < -0.3 is 20.0 Å². The number of piperidine rings is 1. The second kappa shape index (κ2) is 8.93. The van der Waals surface area contributed by atoms with Gasteiger partial charge in [-0.25, -0.2) is 0 Å². The standard InChI is InChI=1S/C26H28N4O4/c1-17(31)28-11-9-19(10-12-28)25(33)29-13-14-30-23(16-29)24(32)27-22-8-7-20(15-21(22)26(30)34)18-5-3-2-4-6-18/h2-8,15,19,23H,9-14,16H2,1H3,(H,27,32)/t23-/m1/s1. The molecule has 176 valence electrons. The summed E-state index contributed by atoms with van der Waals surface area (Å²) in [5.41, 5.74) is 2.87. The maximum atomic E-state index is 13.5. The van der Waals surface area contributed by atoms with E-state index >= 15 is 0 Å². The van der Waals surface area contributed by atoms with Crippen molar-refractivity contribution < 1.29 is 19.2 Å². The van der Waals surface area contributed by atoms with Crippen LogP contribution in [0, 0.1) is 5.92 Å². The minimum atomic E-state index is -0.727. The Labute approximate surface area is 198 Å². The summed E-state index contributed by atoms with van der Waals surface area (Å²) in [6, 6.07) is 14.6. The maximum Gasteiger partial charge on any atom is 0.256 e. The van der Waals surface area contributed by atoms with Gasteiger partial charge in [0.2, 0.25) is 17.7 Å². The summed E-state index contributed by atoms with van der Waals surface area (Å²) in [6.07, 6.45) is 1.25. The van der Waals surface area contributed by atoms with Crippen molar-refractivity contribution in [2.45, 2.75) is 25.8 Å². The summed E-state index contributed by atoms with van der Waals surface area (Å²) in [7, 11) is 0. The summed E-state index contributed by atoms with van der Waals surface area (Å²) >= 11 is 0. The van der Waals surface area contributed by atoms with Gasteiger partial charge in [-0.2, -0.15) is 0 Å². The molecular formula is C26H28N4O4. The van der Waals surface area contributed by atoms with Crippen molar-refractivity contribution in [2.75, 3.05) is 38.0 Å². The SMILES string of the molecule is CC(=O)N1CCC(C(=O)N2CCN3C(=O)c4cc(-c5ccccc5)ccc4NC(=O)[C@H]3C2)CC1. The fourth-order valence-electron chi connectivity index (χ4n) is 5.16. The van der Waals surface area contributed by atoms with Crippen molar-refractivity contribution in [1.82, 2.24) is 14.7 Å². The lowest BCUT2D eigenvalue weighted by atomic mass is 9.94. The van der Waals surface area contributed by atoms with Gasteiger partial charge in [0.05, 0.1) is 17.8 Å². The molecule has 0 spiro atoms. The zero-order chi connectivity index (χ0) is 23.8. The van der Waals surface area contributed by atoms with Crippen LogP contribution < -0.4 is 5.32 Å². The molecule has 34 heavy (non-hydrogen) atoms. The highest BCUT2D eigenvalue weighted by Gasteiger charge is 2.41. The lowest BCUT2D eigenvalue weighted by Crippen LogP contribution is -2.60. The summed E-state index contributed by atoms with van der Waals surface area (Å²) < 4.78 is 0. The van der Waals surface area contributed by atoms with Crippen molar-refractivity contribution in [3.63, 3.8) is 0 Å². The monoisotopic (exact) mass is 460 g/mol. The van der Waals surface area contributed by atoms with E-state index in [0.717, 1.165) is 11.1 Å². The normalized spacial score (nSPS) is 20.9. The number of hydrogen-bond donors (Lipinski definition) is 1. The third kappa shape index (κ3) is 4.04. The zero-order valence-electron chi connectivity index (χ0n) is 19.2. The van der Waals surface area contributed by atoms with Crippen LogP contribution in [0.4, 0.5) is 5.69 Å². The van der Waals surface area contributed by atoms with Crippen LogP contribution in [-0.2, 0) is 14.4 Å². The van der Waals surface area contributed by atoms with Crippen LogP contribution in [0.15, 0.2) is 48.5 Å². The van der Waals surface area contributed by atoms with E-state index in [4.69, 9.17) is 0 Å². The Kier molecular flexibility index (Phi) is 5.81. The molecule has 2 fully saturated rings. The molecule has 0 unspecified atom stereocenters. The zero-order valence-corrected chi connectivity index (χ0v) is 19.2. The maximum absolute atomic E-state index is 13.5. The summed E-state index contributed by atoms with van der Waals surface area (Å²) in [5, 5.41) is 2.90. The third-order valence-corrected chi connectivity index (χ3v) is 7.16. The molecule has 8 nitrogen and oxygen atoms in total. The number of amides is 4. The molecule has 0 bridgehead atoms. The molecule has 3 aliphatic rings. The van der Waals surface area contributed by atoms with Gasteiger partial charge >= 0.3 is 0 Å². The smallest absolute Gasteiger partial charge is 0.256 e. The van der Waals surface area contributed by atoms with E-state index in [2.05, 4.69) is 5.32 Å². The van der Waals surface area contributed by atoms with E-state index in [1.54, 1.807) is 27.7 Å². The number of anilines is 1. The van der Waals surface area contributed by atoms with E-state index in [-0.39, 0.29) is 36.1 Å². The van der Waals surface area contributed by atoms with E-state index in [1.807, 2.05) is 42.5 Å². The van der Waals surface area contributed by atoms with Gasteiger partial charge in [0.25, 0.3) is 5.91 Å². The minimum absolute atomic E-state index is 0.0104. The highest BCUT2D eigenvalue weighted by atomic mass is 16.2. The first-order chi connectivity index (χ1) is 16.4. The number of nitrogens with one attached hydrogen (secondary N) is 1. The number of rotatable bonds is 2. The number of fused-ring (bicyclic) bond motifs is 2. The molecule has 2 saturated heterocycles. The van der Waals surface area contributed by atoms with Gasteiger partial charge in [-0.15, -0.1) is 0 Å². The second-order valence-corrected chi connectivity index (χ2v) is 9.19. The third-order valence-electron chi connectivity index (χ3n) is 7.16. The lowest BCUT2D eigenvalue weighted by molar-refractivity contribution is -0.143. The fourth-order valence-corrected chi connectivity index (χ4v) is 5.16. The topological polar surface area (TPSA) is 90.0 Å². The predicted molar refractivity (Wildman–Crippen MR) is 127 cm³/mol. The molecule has 5 rings (SSSR count). The first kappa shape index (κ1) is 22.1. The molecule has 0 saturated carbocycles. The Morgan fingerprint density at radius 2 is 1.62 bits per heavy atom. The molecule has 8 heteroatoms. The van der Waals surface area contributed by atoms with Gasteiger partial charge in [-0.1, -0.05) is 36.4 Å². The Balaban J connectivity index is 1.33. The molecular weight excluding hydrogens is 432 g/mol. The van der Waals surface area contributed by atoms with Gasteiger partial charge in [0.15, 0.2) is 0 Å². The largest absolute Gasteiger partial charge is 0.343 e. The Bertz CT molecular complexity index is 1140. The van der Waals surface area contributed by atoms with Gasteiger partial charge in [0, 0.05) is 39.0 Å². The average molecular weight is 461 g/mol. The molecule has 0 radical (unpaired) electrons. The molecule has 0 aromatic heterocycles. The van der Waals surface area contributed by atoms with Gasteiger partial charge in [-0.3, -0.25) is 19.2 Å². The Hall–Kier alpha value is -3.68. The van der Waals surface area contributed by atoms with Gasteiger partial charge in [-0.05, 0) is 36.1 Å². The Morgan fingerprint density at radius 3 is 2.32 bits per heavy atom. The molecule has 2 aromatic carbocycles. The summed E-state index contributed by atoms with van der Waals surface area (Å²) in [4.78, 5) is 56.4. The molecule has 3 aliphatic heterocycles. The van der Waals surface area contributed by atoms with Crippen LogP contribution >= 0.6 is 0 Å². The average Bonchev–Trinajstić information content (AvgIpc) is 2.97. The number of piperazine rings is 1. The molecule has 4 amide bonds. The number of carbonyl (C=O) groups excluding carboxylic acids is 4. The van der Waals surface area contributed by atoms with Crippen molar-refractivity contribution in [1.29, 1.82) is 0 Å². The molecule has 1 N–H and O–H groups in total. The van der Waals surface area contributed by atoms with Crippen LogP contribution in [0.1, 0.15) is 30.1 Å². The highest BCUT2D eigenvalue weighted by molar-refractivity contribution is 6.10. The van der Waals surface area contributed by atoms with E-state index < -0.39 is 6.04 Å². The molecule has 2 aromatic rings. The molecule has 3 heterocycles. The molecule has 0 aliphatic carbocycles. The van der Waals surface area contributed by atoms with Crippen molar-refractivity contribution >= 4 is 29.3 Å². The highest BCUT2D eigenvalue weighted by Crippen LogP contribution is 2.31. The first-order valence-electron chi connectivity index (χ1n) is 11.8. The van der Waals surface area contributed by atoms with Crippen LogP contribution in [-0.4, -0.2) is 77.1 Å². The van der Waals surface area contributed by atoms with E-state index in [9.17, 15) is 19.2 Å². The van der Waals surface area contributed by atoms with Crippen molar-refractivity contribution in [3.05, 3.63) is 54.1 Å². The summed E-state index contributed by atoms with van der Waals surface area (Å²) in [5.74, 6) is -0.585. The Morgan fingerprint density at radius 1 is 0.882 bits per heavy atom. The number of likely N-dealkylation sites (tertiary alicyclic amines) is 1. The number of benzene rings is 2. The second-order valence-electron chi connectivity index (χ2n) is 9.19. The van der Waals surface area contributed by atoms with Crippen LogP contribution in [0.2, 0.25) is 0 Å². The molecule has 1 atom stereocenters. The first-order valence-corrected chi connectivity index (χ1v) is 11.8. The lowest BCUT2D eigenvalue weighted by Gasteiger charge is -2.41. The predicted octanol–water partition coefficient (Wildman–Crippen LogP) is 2.22. The van der Waals surface area contributed by atoms with Gasteiger partial charge in [0.1, 0.15) is 6.04 Å². The van der Waals surface area contributed by atoms with Crippen LogP contribution in [0.3, 0.4) is 0 Å². The number of hydrogen-bond acceptors (Lipinski definition) is 4. The summed E-state index contributed by atoms with van der Waals surface area (Å²) in [6.45, 7) is 3.59. The van der Waals surface area contributed by atoms with Crippen LogP contribution in [0.25, 0.3) is 11.1 Å². The van der Waals surface area contributed by atoms with Crippen LogP contribution in [0.5, 0.6) is 0 Å². The minimum Gasteiger partial charge on any atom is -0.343 e. The van der Waals surface area contributed by atoms with E-state index in [0.29, 0.717) is 50.3 Å². The number of carbonyl (C=O) groups is 4. The number of nitrogens with zero attached hydrogens (tertiary/aromatic N) is 3. The quantitative estimate of drug-likeness (QED) is 0.744. The van der Waals surface area contributed by atoms with E-state index in [1.165, 1.54) is 0 Å². The van der Waals surface area contributed by atoms with Crippen molar-refractivity contribution in [3.8, 4) is 11.1 Å². The fraction of sp³-hybridized carbons (Fsp3) is 0.385.